The van der Waals surface area contributed by atoms with Gasteiger partial charge in [0.1, 0.15) is 5.75 Å². The van der Waals surface area contributed by atoms with Gasteiger partial charge in [-0.15, -0.1) is 0 Å². The summed E-state index contributed by atoms with van der Waals surface area (Å²) in [4.78, 5) is 11.0. The second kappa shape index (κ2) is 6.39. The van der Waals surface area contributed by atoms with Crippen molar-refractivity contribution in [1.82, 2.24) is 5.32 Å². The predicted molar refractivity (Wildman–Crippen MR) is 69.2 cm³/mol. The molecular formula is C12H17NO4S. The number of hydrogen-bond acceptors (Lipinski definition) is 4. The van der Waals surface area contributed by atoms with E-state index in [2.05, 4.69) is 5.32 Å². The van der Waals surface area contributed by atoms with Crippen molar-refractivity contribution in [3.8, 4) is 5.75 Å². The average Bonchev–Trinajstić information content (AvgIpc) is 2.35. The number of nitrogens with one attached hydrogen (secondary N) is 1. The second-order valence-corrected chi connectivity index (χ2v) is 6.05. The molecule has 0 spiro atoms. The first-order chi connectivity index (χ1) is 8.46. The SMILES string of the molecule is CNC(=O)CCS(=O)(=O)Cc1cccc(OC)c1. The lowest BCUT2D eigenvalue weighted by Gasteiger charge is -2.06. The molecule has 0 aliphatic rings. The maximum atomic E-state index is 11.8. The standard InChI is InChI=1S/C12H17NO4S/c1-13-12(14)6-7-18(15,16)9-10-4-3-5-11(8-10)17-2/h3-5,8H,6-7,9H2,1-2H3,(H,13,14). The summed E-state index contributed by atoms with van der Waals surface area (Å²) in [5.41, 5.74) is 0.659. The zero-order valence-corrected chi connectivity index (χ0v) is 11.3. The van der Waals surface area contributed by atoms with E-state index in [4.69, 9.17) is 4.74 Å². The fourth-order valence-electron chi connectivity index (χ4n) is 1.46. The van der Waals surface area contributed by atoms with Gasteiger partial charge in [0.15, 0.2) is 9.84 Å². The maximum absolute atomic E-state index is 11.8. The van der Waals surface area contributed by atoms with Gasteiger partial charge in [-0.25, -0.2) is 8.42 Å². The largest absolute Gasteiger partial charge is 0.497 e. The molecule has 0 fully saturated rings. The number of benzene rings is 1. The number of carbonyl (C=O) groups is 1. The van der Waals surface area contributed by atoms with E-state index in [9.17, 15) is 13.2 Å². The number of hydrogen-bond donors (Lipinski definition) is 1. The quantitative estimate of drug-likeness (QED) is 0.828. The number of ether oxygens (including phenoxy) is 1. The van der Waals surface area contributed by atoms with Crippen molar-refractivity contribution in [2.75, 3.05) is 19.9 Å². The molecule has 18 heavy (non-hydrogen) atoms. The monoisotopic (exact) mass is 271 g/mol. The highest BCUT2D eigenvalue weighted by atomic mass is 32.2. The molecular weight excluding hydrogens is 254 g/mol. The second-order valence-electron chi connectivity index (χ2n) is 3.87. The van der Waals surface area contributed by atoms with Crippen molar-refractivity contribution >= 4 is 15.7 Å². The third kappa shape index (κ3) is 4.75. The minimum Gasteiger partial charge on any atom is -0.497 e. The smallest absolute Gasteiger partial charge is 0.220 e. The Bertz CT molecular complexity index is 511. The minimum atomic E-state index is -3.28. The van der Waals surface area contributed by atoms with Crippen molar-refractivity contribution in [2.45, 2.75) is 12.2 Å². The van der Waals surface area contributed by atoms with Crippen LogP contribution >= 0.6 is 0 Å². The summed E-state index contributed by atoms with van der Waals surface area (Å²) in [5.74, 6) is 0.114. The van der Waals surface area contributed by atoms with Gasteiger partial charge in [-0.3, -0.25) is 4.79 Å². The summed E-state index contributed by atoms with van der Waals surface area (Å²) >= 11 is 0. The minimum absolute atomic E-state index is 0.0111. The molecule has 6 heteroatoms. The third-order valence-electron chi connectivity index (χ3n) is 2.44. The van der Waals surface area contributed by atoms with E-state index in [1.165, 1.54) is 14.2 Å². The summed E-state index contributed by atoms with van der Waals surface area (Å²) < 4.78 is 28.6. The van der Waals surface area contributed by atoms with Crippen LogP contribution in [0.1, 0.15) is 12.0 Å². The van der Waals surface area contributed by atoms with Gasteiger partial charge in [0, 0.05) is 13.5 Å². The van der Waals surface area contributed by atoms with Crippen LogP contribution in [0.15, 0.2) is 24.3 Å². The van der Waals surface area contributed by atoms with Gasteiger partial charge in [-0.05, 0) is 17.7 Å². The molecule has 0 heterocycles. The molecule has 0 saturated heterocycles. The van der Waals surface area contributed by atoms with E-state index in [1.54, 1.807) is 24.3 Å². The molecule has 0 aromatic heterocycles. The van der Waals surface area contributed by atoms with Gasteiger partial charge in [0.2, 0.25) is 5.91 Å². The number of rotatable bonds is 6. The van der Waals surface area contributed by atoms with Crippen molar-refractivity contribution in [2.24, 2.45) is 0 Å². The lowest BCUT2D eigenvalue weighted by molar-refractivity contribution is -0.120. The summed E-state index contributed by atoms with van der Waals surface area (Å²) in [6.45, 7) is 0. The lowest BCUT2D eigenvalue weighted by Crippen LogP contribution is -2.22. The van der Waals surface area contributed by atoms with E-state index in [0.717, 1.165) is 0 Å². The Morgan fingerprint density at radius 3 is 2.72 bits per heavy atom. The zero-order valence-electron chi connectivity index (χ0n) is 10.5. The van der Waals surface area contributed by atoms with Gasteiger partial charge >= 0.3 is 0 Å². The summed E-state index contributed by atoms with van der Waals surface area (Å²) in [7, 11) is -0.271. The highest BCUT2D eigenvalue weighted by Gasteiger charge is 2.14. The van der Waals surface area contributed by atoms with Crippen LogP contribution in [0.4, 0.5) is 0 Å². The maximum Gasteiger partial charge on any atom is 0.220 e. The third-order valence-corrected chi connectivity index (χ3v) is 4.04. The van der Waals surface area contributed by atoms with Crippen molar-refractivity contribution in [3.05, 3.63) is 29.8 Å². The van der Waals surface area contributed by atoms with E-state index in [0.29, 0.717) is 11.3 Å². The van der Waals surface area contributed by atoms with Crippen molar-refractivity contribution < 1.29 is 17.9 Å². The summed E-state index contributed by atoms with van der Waals surface area (Å²) in [6.07, 6.45) is -0.0111. The molecule has 0 radical (unpaired) electrons. The zero-order chi connectivity index (χ0) is 13.6. The number of amides is 1. The fraction of sp³-hybridized carbons (Fsp3) is 0.417. The highest BCUT2D eigenvalue weighted by molar-refractivity contribution is 7.90. The van der Waals surface area contributed by atoms with Crippen LogP contribution in [0.25, 0.3) is 0 Å². The van der Waals surface area contributed by atoms with Gasteiger partial charge in [0.25, 0.3) is 0 Å². The van der Waals surface area contributed by atoms with Crippen LogP contribution in [0.2, 0.25) is 0 Å². The van der Waals surface area contributed by atoms with Crippen molar-refractivity contribution in [1.29, 1.82) is 0 Å². The Kier molecular flexibility index (Phi) is 5.15. The van der Waals surface area contributed by atoms with Crippen LogP contribution in [0.5, 0.6) is 5.75 Å². The topological polar surface area (TPSA) is 72.5 Å². The first-order valence-corrected chi connectivity index (χ1v) is 7.33. The van der Waals surface area contributed by atoms with Gasteiger partial charge < -0.3 is 10.1 Å². The molecule has 0 unspecified atom stereocenters. The van der Waals surface area contributed by atoms with Crippen LogP contribution in [-0.4, -0.2) is 34.2 Å². The highest BCUT2D eigenvalue weighted by Crippen LogP contribution is 2.15. The number of carbonyl (C=O) groups excluding carboxylic acids is 1. The molecule has 1 amide bonds. The molecule has 1 rings (SSSR count). The Hall–Kier alpha value is -1.56. The van der Waals surface area contributed by atoms with Gasteiger partial charge in [-0.1, -0.05) is 12.1 Å². The Labute approximate surface area is 107 Å². The van der Waals surface area contributed by atoms with Crippen LogP contribution < -0.4 is 10.1 Å². The van der Waals surface area contributed by atoms with Crippen LogP contribution in [0, 0.1) is 0 Å². The Morgan fingerprint density at radius 1 is 1.39 bits per heavy atom. The molecule has 0 aliphatic carbocycles. The fourth-order valence-corrected chi connectivity index (χ4v) is 2.79. The molecule has 1 aromatic rings. The molecule has 100 valence electrons. The molecule has 0 bridgehead atoms. The van der Waals surface area contributed by atoms with Crippen LogP contribution in [-0.2, 0) is 20.4 Å². The molecule has 5 nitrogen and oxygen atoms in total. The van der Waals surface area contributed by atoms with Gasteiger partial charge in [-0.2, -0.15) is 0 Å². The van der Waals surface area contributed by atoms with Gasteiger partial charge in [0.05, 0.1) is 18.6 Å². The van der Waals surface area contributed by atoms with Crippen molar-refractivity contribution in [3.63, 3.8) is 0 Å². The lowest BCUT2D eigenvalue weighted by atomic mass is 10.2. The molecule has 0 saturated carbocycles. The summed E-state index contributed by atoms with van der Waals surface area (Å²) in [5, 5.41) is 2.40. The predicted octanol–water partition coefficient (Wildman–Crippen LogP) is 0.746. The molecule has 0 atom stereocenters. The normalized spacial score (nSPS) is 11.0. The average molecular weight is 271 g/mol. The molecule has 1 aromatic carbocycles. The Balaban J connectivity index is 2.67. The van der Waals surface area contributed by atoms with E-state index >= 15 is 0 Å². The molecule has 0 aliphatic heterocycles. The van der Waals surface area contributed by atoms with E-state index in [1.807, 2.05) is 0 Å². The van der Waals surface area contributed by atoms with E-state index < -0.39 is 9.84 Å². The number of sulfone groups is 1. The molecule has 1 N–H and O–H groups in total. The number of methoxy groups -OCH3 is 1. The summed E-state index contributed by atoms with van der Waals surface area (Å²) in [6, 6.07) is 6.89. The Morgan fingerprint density at radius 2 is 2.11 bits per heavy atom. The van der Waals surface area contributed by atoms with E-state index in [-0.39, 0.29) is 23.8 Å². The first kappa shape index (κ1) is 14.5. The first-order valence-electron chi connectivity index (χ1n) is 5.51. The van der Waals surface area contributed by atoms with Crippen LogP contribution in [0.3, 0.4) is 0 Å².